The molecular formula is C16H17NO3. The summed E-state index contributed by atoms with van der Waals surface area (Å²) >= 11 is 0. The van der Waals surface area contributed by atoms with Crippen molar-refractivity contribution in [1.82, 2.24) is 4.98 Å². The molecule has 0 fully saturated rings. The fourth-order valence-corrected chi connectivity index (χ4v) is 1.89. The van der Waals surface area contributed by atoms with Gasteiger partial charge in [0, 0.05) is 6.20 Å². The number of para-hydroxylation sites is 1. The Bertz CT molecular complexity index is 569. The molecule has 2 rings (SSSR count). The average molecular weight is 271 g/mol. The molecular weight excluding hydrogens is 254 g/mol. The molecule has 104 valence electrons. The zero-order chi connectivity index (χ0) is 14.4. The maximum atomic E-state index is 11.9. The molecule has 1 aromatic heterocycles. The molecule has 4 nitrogen and oxygen atoms in total. The van der Waals surface area contributed by atoms with Crippen molar-refractivity contribution in [2.75, 3.05) is 13.7 Å². The molecule has 0 amide bonds. The molecule has 0 aliphatic heterocycles. The van der Waals surface area contributed by atoms with Gasteiger partial charge in [-0.05, 0) is 30.7 Å². The smallest absolute Gasteiger partial charge is 0.318 e. The van der Waals surface area contributed by atoms with Crippen molar-refractivity contribution in [2.24, 2.45) is 0 Å². The zero-order valence-electron chi connectivity index (χ0n) is 11.6. The molecule has 0 aliphatic rings. The lowest BCUT2D eigenvalue weighted by molar-refractivity contribution is -0.143. The summed E-state index contributed by atoms with van der Waals surface area (Å²) in [7, 11) is 1.37. The van der Waals surface area contributed by atoms with E-state index >= 15 is 0 Å². The van der Waals surface area contributed by atoms with Gasteiger partial charge in [-0.2, -0.15) is 0 Å². The van der Waals surface area contributed by atoms with Gasteiger partial charge in [0.1, 0.15) is 18.3 Å². The number of carbonyl (C=O) groups excluding carboxylic acids is 1. The van der Waals surface area contributed by atoms with Crippen molar-refractivity contribution in [3.63, 3.8) is 0 Å². The van der Waals surface area contributed by atoms with E-state index in [9.17, 15) is 4.79 Å². The molecule has 0 N–H and O–H groups in total. The first-order chi connectivity index (χ1) is 9.72. The van der Waals surface area contributed by atoms with Crippen molar-refractivity contribution < 1.29 is 14.3 Å². The standard InChI is InChI=1S/C16H17NO3/c1-12-7-3-4-9-15(12)20-11-13(16(18)19-2)14-8-5-6-10-17-14/h3-10,13H,11H2,1-2H3. The molecule has 0 saturated heterocycles. The molecule has 2 aromatic rings. The van der Waals surface area contributed by atoms with Crippen LogP contribution in [0.5, 0.6) is 5.75 Å². The quantitative estimate of drug-likeness (QED) is 0.784. The van der Waals surface area contributed by atoms with Crippen LogP contribution in [0.2, 0.25) is 0 Å². The van der Waals surface area contributed by atoms with Crippen LogP contribution in [-0.2, 0) is 9.53 Å². The Kier molecular flexibility index (Phi) is 4.71. The molecule has 0 spiro atoms. The third-order valence-corrected chi connectivity index (χ3v) is 3.03. The topological polar surface area (TPSA) is 48.4 Å². The summed E-state index contributed by atoms with van der Waals surface area (Å²) in [6.07, 6.45) is 1.65. The Morgan fingerprint density at radius 2 is 1.95 bits per heavy atom. The van der Waals surface area contributed by atoms with Gasteiger partial charge in [0.05, 0.1) is 12.8 Å². The summed E-state index contributed by atoms with van der Waals surface area (Å²) in [6.45, 7) is 2.16. The van der Waals surface area contributed by atoms with E-state index in [1.807, 2.05) is 37.3 Å². The number of benzene rings is 1. The minimum Gasteiger partial charge on any atom is -0.492 e. The van der Waals surface area contributed by atoms with Crippen LogP contribution in [0.1, 0.15) is 17.2 Å². The second kappa shape index (κ2) is 6.70. The van der Waals surface area contributed by atoms with E-state index in [0.29, 0.717) is 5.69 Å². The van der Waals surface area contributed by atoms with E-state index < -0.39 is 5.92 Å². The van der Waals surface area contributed by atoms with Crippen LogP contribution in [0.3, 0.4) is 0 Å². The van der Waals surface area contributed by atoms with Crippen LogP contribution in [0, 0.1) is 6.92 Å². The number of pyridine rings is 1. The largest absolute Gasteiger partial charge is 0.492 e. The number of nitrogens with zero attached hydrogens (tertiary/aromatic N) is 1. The third-order valence-electron chi connectivity index (χ3n) is 3.03. The molecule has 1 heterocycles. The fourth-order valence-electron chi connectivity index (χ4n) is 1.89. The first-order valence-electron chi connectivity index (χ1n) is 6.39. The third kappa shape index (κ3) is 3.35. The highest BCUT2D eigenvalue weighted by atomic mass is 16.5. The maximum absolute atomic E-state index is 11.9. The number of hydrogen-bond acceptors (Lipinski definition) is 4. The van der Waals surface area contributed by atoms with E-state index in [1.54, 1.807) is 18.3 Å². The molecule has 0 aliphatic carbocycles. The number of hydrogen-bond donors (Lipinski definition) is 0. The lowest BCUT2D eigenvalue weighted by Crippen LogP contribution is -2.22. The molecule has 20 heavy (non-hydrogen) atoms. The van der Waals surface area contributed by atoms with Gasteiger partial charge in [-0.3, -0.25) is 9.78 Å². The van der Waals surface area contributed by atoms with E-state index in [1.165, 1.54) is 7.11 Å². The Hall–Kier alpha value is -2.36. The number of aromatic nitrogens is 1. The molecule has 0 saturated carbocycles. The highest BCUT2D eigenvalue weighted by Crippen LogP contribution is 2.20. The van der Waals surface area contributed by atoms with Crippen LogP contribution >= 0.6 is 0 Å². The predicted molar refractivity (Wildman–Crippen MR) is 75.7 cm³/mol. The monoisotopic (exact) mass is 271 g/mol. The Morgan fingerprint density at radius 3 is 2.60 bits per heavy atom. The maximum Gasteiger partial charge on any atom is 0.318 e. The van der Waals surface area contributed by atoms with Crippen molar-refractivity contribution >= 4 is 5.97 Å². The lowest BCUT2D eigenvalue weighted by Gasteiger charge is -2.16. The molecule has 0 bridgehead atoms. The summed E-state index contributed by atoms with van der Waals surface area (Å²) in [5, 5.41) is 0. The summed E-state index contributed by atoms with van der Waals surface area (Å²) < 4.78 is 10.6. The normalized spacial score (nSPS) is 11.7. The Balaban J connectivity index is 2.14. The fraction of sp³-hybridized carbons (Fsp3) is 0.250. The summed E-state index contributed by atoms with van der Waals surface area (Å²) in [6, 6.07) is 13.1. The van der Waals surface area contributed by atoms with Gasteiger partial charge < -0.3 is 9.47 Å². The van der Waals surface area contributed by atoms with Gasteiger partial charge in [-0.15, -0.1) is 0 Å². The molecule has 4 heteroatoms. The minimum atomic E-state index is -0.527. The van der Waals surface area contributed by atoms with E-state index in [0.717, 1.165) is 11.3 Å². The molecule has 1 aromatic carbocycles. The minimum absolute atomic E-state index is 0.203. The van der Waals surface area contributed by atoms with Gasteiger partial charge in [-0.1, -0.05) is 24.3 Å². The van der Waals surface area contributed by atoms with Gasteiger partial charge in [0.25, 0.3) is 0 Å². The highest BCUT2D eigenvalue weighted by molar-refractivity contribution is 5.77. The van der Waals surface area contributed by atoms with Crippen molar-refractivity contribution in [2.45, 2.75) is 12.8 Å². The Labute approximate surface area is 118 Å². The van der Waals surface area contributed by atoms with Crippen molar-refractivity contribution in [1.29, 1.82) is 0 Å². The molecule has 0 radical (unpaired) electrons. The molecule has 1 unspecified atom stereocenters. The number of ether oxygens (including phenoxy) is 2. The van der Waals surface area contributed by atoms with Gasteiger partial charge in [0.15, 0.2) is 0 Å². The number of carbonyl (C=O) groups is 1. The number of rotatable bonds is 5. The van der Waals surface area contributed by atoms with Crippen LogP contribution in [0.4, 0.5) is 0 Å². The van der Waals surface area contributed by atoms with E-state index in [-0.39, 0.29) is 12.6 Å². The van der Waals surface area contributed by atoms with Crippen LogP contribution in [-0.4, -0.2) is 24.7 Å². The van der Waals surface area contributed by atoms with E-state index in [4.69, 9.17) is 9.47 Å². The summed E-state index contributed by atoms with van der Waals surface area (Å²) in [5.41, 5.74) is 1.67. The number of esters is 1. The van der Waals surface area contributed by atoms with Gasteiger partial charge in [-0.25, -0.2) is 0 Å². The lowest BCUT2D eigenvalue weighted by atomic mass is 10.1. The van der Waals surface area contributed by atoms with Crippen LogP contribution in [0.25, 0.3) is 0 Å². The number of methoxy groups -OCH3 is 1. The second-order valence-corrected chi connectivity index (χ2v) is 4.41. The predicted octanol–water partition coefficient (Wildman–Crippen LogP) is 2.73. The number of aryl methyl sites for hydroxylation is 1. The first kappa shape index (κ1) is 14.1. The SMILES string of the molecule is COC(=O)C(COc1ccccc1C)c1ccccn1. The van der Waals surface area contributed by atoms with Gasteiger partial charge in [0.2, 0.25) is 0 Å². The zero-order valence-corrected chi connectivity index (χ0v) is 11.6. The van der Waals surface area contributed by atoms with Crippen molar-refractivity contribution in [3.8, 4) is 5.75 Å². The van der Waals surface area contributed by atoms with Gasteiger partial charge >= 0.3 is 5.97 Å². The summed E-state index contributed by atoms with van der Waals surface area (Å²) in [4.78, 5) is 16.1. The molecule has 1 atom stereocenters. The first-order valence-corrected chi connectivity index (χ1v) is 6.39. The second-order valence-electron chi connectivity index (χ2n) is 4.41. The van der Waals surface area contributed by atoms with Crippen molar-refractivity contribution in [3.05, 3.63) is 59.9 Å². The highest BCUT2D eigenvalue weighted by Gasteiger charge is 2.23. The average Bonchev–Trinajstić information content (AvgIpc) is 2.50. The van der Waals surface area contributed by atoms with E-state index in [2.05, 4.69) is 4.98 Å². The van der Waals surface area contributed by atoms with Crippen LogP contribution < -0.4 is 4.74 Å². The van der Waals surface area contributed by atoms with Crippen LogP contribution in [0.15, 0.2) is 48.7 Å². The summed E-state index contributed by atoms with van der Waals surface area (Å²) in [5.74, 6) is -0.115. The Morgan fingerprint density at radius 1 is 1.20 bits per heavy atom.